The predicted octanol–water partition coefficient (Wildman–Crippen LogP) is 2.50. The normalized spacial score (nSPS) is 11.2. The number of nitrogens with zero attached hydrogens (tertiary/aromatic N) is 2. The summed E-state index contributed by atoms with van der Waals surface area (Å²) in [4.78, 5) is 14.1. The monoisotopic (exact) mass is 249 g/mol. The van der Waals surface area contributed by atoms with Gasteiger partial charge in [0, 0.05) is 11.6 Å². The highest BCUT2D eigenvalue weighted by Gasteiger charge is 2.22. The zero-order valence-electron chi connectivity index (χ0n) is 10.7. The van der Waals surface area contributed by atoms with Crippen LogP contribution in [-0.4, -0.2) is 26.3 Å². The predicted molar refractivity (Wildman–Crippen MR) is 64.6 cm³/mol. The molecular weight excluding hydrogens is 234 g/mol. The second kappa shape index (κ2) is 4.29. The number of aromatic nitrogens is 3. The Kier molecular flexibility index (Phi) is 2.94. The summed E-state index contributed by atoms with van der Waals surface area (Å²) < 4.78 is 5.51. The number of aromatic amines is 1. The van der Waals surface area contributed by atoms with Crippen LogP contribution in [0.1, 0.15) is 47.3 Å². The molecular formula is C12H15N3O3. The van der Waals surface area contributed by atoms with E-state index in [-0.39, 0.29) is 11.5 Å². The lowest BCUT2D eigenvalue weighted by Gasteiger charge is -1.96. The summed E-state index contributed by atoms with van der Waals surface area (Å²) in [7, 11) is 0. The third-order valence-electron chi connectivity index (χ3n) is 2.80. The van der Waals surface area contributed by atoms with Gasteiger partial charge in [0.2, 0.25) is 5.89 Å². The van der Waals surface area contributed by atoms with Crippen LogP contribution in [0.25, 0.3) is 11.6 Å². The molecule has 0 fully saturated rings. The van der Waals surface area contributed by atoms with Gasteiger partial charge in [-0.1, -0.05) is 13.8 Å². The highest BCUT2D eigenvalue weighted by molar-refractivity contribution is 5.92. The van der Waals surface area contributed by atoms with E-state index in [9.17, 15) is 4.79 Å². The Hall–Kier alpha value is -2.11. The molecule has 0 spiro atoms. The second-order valence-electron chi connectivity index (χ2n) is 4.53. The SMILES string of the molecule is Cc1[nH]c(-c2nnc(C(C)C)o2)c(C)c1C(=O)O. The van der Waals surface area contributed by atoms with Crippen molar-refractivity contribution < 1.29 is 14.3 Å². The number of H-pyrrole nitrogens is 1. The lowest BCUT2D eigenvalue weighted by Crippen LogP contribution is -1.98. The van der Waals surface area contributed by atoms with Gasteiger partial charge in [0.25, 0.3) is 5.89 Å². The Morgan fingerprint density at radius 2 is 2.00 bits per heavy atom. The average Bonchev–Trinajstić information content (AvgIpc) is 2.83. The van der Waals surface area contributed by atoms with E-state index in [2.05, 4.69) is 15.2 Å². The number of nitrogens with one attached hydrogen (secondary N) is 1. The van der Waals surface area contributed by atoms with Crippen molar-refractivity contribution >= 4 is 5.97 Å². The van der Waals surface area contributed by atoms with Crippen molar-refractivity contribution in [2.45, 2.75) is 33.6 Å². The Labute approximate surface area is 104 Å². The highest BCUT2D eigenvalue weighted by Crippen LogP contribution is 2.27. The first-order valence-corrected chi connectivity index (χ1v) is 5.68. The average molecular weight is 249 g/mol. The van der Waals surface area contributed by atoms with Gasteiger partial charge in [0.15, 0.2) is 0 Å². The molecule has 0 aromatic carbocycles. The minimum Gasteiger partial charge on any atom is -0.478 e. The number of rotatable bonds is 3. The van der Waals surface area contributed by atoms with E-state index in [4.69, 9.17) is 9.52 Å². The van der Waals surface area contributed by atoms with E-state index in [1.165, 1.54) is 0 Å². The van der Waals surface area contributed by atoms with Crippen molar-refractivity contribution in [3.8, 4) is 11.6 Å². The summed E-state index contributed by atoms with van der Waals surface area (Å²) in [6.45, 7) is 7.33. The van der Waals surface area contributed by atoms with E-state index in [0.717, 1.165) is 0 Å². The van der Waals surface area contributed by atoms with E-state index in [1.54, 1.807) is 13.8 Å². The molecule has 6 heteroatoms. The maximum atomic E-state index is 11.1. The summed E-state index contributed by atoms with van der Waals surface area (Å²) in [6.07, 6.45) is 0. The number of carbonyl (C=O) groups is 1. The number of hydrogen-bond donors (Lipinski definition) is 2. The number of aromatic carboxylic acids is 1. The van der Waals surface area contributed by atoms with Crippen molar-refractivity contribution in [2.24, 2.45) is 0 Å². The third kappa shape index (κ3) is 1.90. The molecule has 18 heavy (non-hydrogen) atoms. The summed E-state index contributed by atoms with van der Waals surface area (Å²) in [5.41, 5.74) is 2.02. The maximum Gasteiger partial charge on any atom is 0.337 e. The van der Waals surface area contributed by atoms with Gasteiger partial charge < -0.3 is 14.5 Å². The first-order valence-electron chi connectivity index (χ1n) is 5.68. The summed E-state index contributed by atoms with van der Waals surface area (Å²) in [5, 5.41) is 17.0. The Morgan fingerprint density at radius 1 is 1.33 bits per heavy atom. The number of hydrogen-bond acceptors (Lipinski definition) is 4. The molecule has 6 nitrogen and oxygen atoms in total. The molecule has 0 bridgehead atoms. The Balaban J connectivity index is 2.51. The maximum absolute atomic E-state index is 11.1. The molecule has 0 saturated carbocycles. The fourth-order valence-corrected chi connectivity index (χ4v) is 1.85. The van der Waals surface area contributed by atoms with Gasteiger partial charge in [-0.15, -0.1) is 10.2 Å². The number of aryl methyl sites for hydroxylation is 1. The third-order valence-corrected chi connectivity index (χ3v) is 2.80. The Morgan fingerprint density at radius 3 is 2.44 bits per heavy atom. The molecule has 0 aliphatic carbocycles. The van der Waals surface area contributed by atoms with Gasteiger partial charge in [-0.3, -0.25) is 0 Å². The quantitative estimate of drug-likeness (QED) is 0.871. The molecule has 96 valence electrons. The number of carboxylic acid groups (broad SMARTS) is 1. The smallest absolute Gasteiger partial charge is 0.337 e. The fraction of sp³-hybridized carbons (Fsp3) is 0.417. The van der Waals surface area contributed by atoms with Gasteiger partial charge in [-0.05, 0) is 19.4 Å². The number of carboxylic acids is 1. The molecule has 0 unspecified atom stereocenters. The lowest BCUT2D eigenvalue weighted by molar-refractivity contribution is 0.0695. The molecule has 2 aromatic rings. The standard InChI is InChI=1S/C12H15N3O3/c1-5(2)10-14-15-11(18-10)9-6(3)8(12(16)17)7(4)13-9/h5,13H,1-4H3,(H,16,17). The highest BCUT2D eigenvalue weighted by atomic mass is 16.4. The van der Waals surface area contributed by atoms with Crippen LogP contribution in [0.2, 0.25) is 0 Å². The molecule has 2 N–H and O–H groups in total. The van der Waals surface area contributed by atoms with Crippen molar-refractivity contribution in [3.63, 3.8) is 0 Å². The van der Waals surface area contributed by atoms with Crippen molar-refractivity contribution in [1.29, 1.82) is 0 Å². The van der Waals surface area contributed by atoms with Crippen LogP contribution in [0, 0.1) is 13.8 Å². The van der Waals surface area contributed by atoms with Crippen LogP contribution >= 0.6 is 0 Å². The molecule has 0 radical (unpaired) electrons. The molecule has 2 heterocycles. The minimum atomic E-state index is -0.962. The molecule has 0 aliphatic heterocycles. The van der Waals surface area contributed by atoms with Crippen molar-refractivity contribution in [1.82, 2.24) is 15.2 Å². The summed E-state index contributed by atoms with van der Waals surface area (Å²) in [5.74, 6) is 0.0398. The molecule has 2 rings (SSSR count). The van der Waals surface area contributed by atoms with Crippen LogP contribution in [0.15, 0.2) is 4.42 Å². The van der Waals surface area contributed by atoms with Crippen LogP contribution in [0.3, 0.4) is 0 Å². The van der Waals surface area contributed by atoms with Crippen LogP contribution in [0.5, 0.6) is 0 Å². The molecule has 0 aliphatic rings. The molecule has 0 saturated heterocycles. The van der Waals surface area contributed by atoms with Gasteiger partial charge in [0.1, 0.15) is 5.69 Å². The largest absolute Gasteiger partial charge is 0.478 e. The lowest BCUT2D eigenvalue weighted by atomic mass is 10.1. The van der Waals surface area contributed by atoms with E-state index < -0.39 is 5.97 Å². The van der Waals surface area contributed by atoms with Crippen LogP contribution in [-0.2, 0) is 0 Å². The van der Waals surface area contributed by atoms with Crippen LogP contribution < -0.4 is 0 Å². The fourth-order valence-electron chi connectivity index (χ4n) is 1.85. The van der Waals surface area contributed by atoms with E-state index >= 15 is 0 Å². The Bertz CT molecular complexity index is 596. The minimum absolute atomic E-state index is 0.140. The van der Waals surface area contributed by atoms with E-state index in [0.29, 0.717) is 28.7 Å². The zero-order valence-corrected chi connectivity index (χ0v) is 10.7. The van der Waals surface area contributed by atoms with Gasteiger partial charge >= 0.3 is 5.97 Å². The van der Waals surface area contributed by atoms with Crippen LogP contribution in [0.4, 0.5) is 0 Å². The van der Waals surface area contributed by atoms with Gasteiger partial charge in [-0.2, -0.15) is 0 Å². The van der Waals surface area contributed by atoms with Gasteiger partial charge in [0.05, 0.1) is 5.56 Å². The topological polar surface area (TPSA) is 92.0 Å². The first kappa shape index (κ1) is 12.3. The van der Waals surface area contributed by atoms with Gasteiger partial charge in [-0.25, -0.2) is 4.79 Å². The molecule has 0 amide bonds. The zero-order chi connectivity index (χ0) is 13.4. The van der Waals surface area contributed by atoms with Crippen molar-refractivity contribution in [3.05, 3.63) is 22.7 Å². The van der Waals surface area contributed by atoms with Crippen molar-refractivity contribution in [2.75, 3.05) is 0 Å². The van der Waals surface area contributed by atoms with E-state index in [1.807, 2.05) is 13.8 Å². The first-order chi connectivity index (χ1) is 8.41. The summed E-state index contributed by atoms with van der Waals surface area (Å²) in [6, 6.07) is 0. The molecule has 2 aromatic heterocycles. The second-order valence-corrected chi connectivity index (χ2v) is 4.53. The summed E-state index contributed by atoms with van der Waals surface area (Å²) >= 11 is 0. The molecule has 0 atom stereocenters.